The first kappa shape index (κ1) is 26.9. The summed E-state index contributed by atoms with van der Waals surface area (Å²) >= 11 is 0. The van der Waals surface area contributed by atoms with Crippen molar-refractivity contribution in [2.75, 3.05) is 12.5 Å². The zero-order valence-electron chi connectivity index (χ0n) is 20.6. The van der Waals surface area contributed by atoms with E-state index in [0.29, 0.717) is 37.2 Å². The van der Waals surface area contributed by atoms with Crippen LogP contribution >= 0.6 is 0 Å². The topological polar surface area (TPSA) is 111 Å². The molecule has 2 atom stereocenters. The third-order valence-corrected chi connectivity index (χ3v) is 9.97. The molecule has 37 heavy (non-hydrogen) atoms. The van der Waals surface area contributed by atoms with Crippen LogP contribution in [0.4, 0.5) is 0 Å². The first-order valence-electron chi connectivity index (χ1n) is 11.7. The summed E-state index contributed by atoms with van der Waals surface area (Å²) in [5.41, 5.74) is 1.94. The van der Waals surface area contributed by atoms with E-state index in [0.717, 1.165) is 11.1 Å². The molecule has 4 rings (SSSR count). The fraction of sp³-hybridized carbons (Fsp3) is 0.308. The van der Waals surface area contributed by atoms with Crippen molar-refractivity contribution in [3.8, 4) is 11.5 Å². The SMILES string of the molecule is CS(=O)(=O)C1(CCc2ccc(O[B]Oc3ccc(CCC4(S(C)(=O)=O)C=CC=N4)cc3)cc2)C=CC=N1. The molecule has 2 aliphatic heterocycles. The monoisotopic (exact) mass is 539 g/mol. The number of nitrogens with zero attached hydrogens (tertiary/aromatic N) is 2. The van der Waals surface area contributed by atoms with Crippen molar-refractivity contribution in [2.24, 2.45) is 9.98 Å². The normalized spacial score (nSPS) is 22.4. The smallest absolute Gasteiger partial charge is 0.526 e. The van der Waals surface area contributed by atoms with Gasteiger partial charge in [-0.2, -0.15) is 0 Å². The van der Waals surface area contributed by atoms with Gasteiger partial charge in [-0.1, -0.05) is 24.3 Å². The van der Waals surface area contributed by atoms with E-state index in [4.69, 9.17) is 9.31 Å². The van der Waals surface area contributed by atoms with Gasteiger partial charge in [0.05, 0.1) is 0 Å². The average Bonchev–Trinajstić information content (AvgIpc) is 3.54. The second-order valence-electron chi connectivity index (χ2n) is 9.13. The molecule has 0 N–H and O–H groups in total. The summed E-state index contributed by atoms with van der Waals surface area (Å²) in [6, 6.07) is 14.7. The lowest BCUT2D eigenvalue weighted by Crippen LogP contribution is -2.33. The first-order valence-corrected chi connectivity index (χ1v) is 15.5. The molecule has 0 fully saturated rings. The number of aliphatic imine (C=N–C) groups is 2. The van der Waals surface area contributed by atoms with Crippen LogP contribution in [0.15, 0.2) is 82.8 Å². The van der Waals surface area contributed by atoms with Gasteiger partial charge in [-0.3, -0.25) is 9.98 Å². The van der Waals surface area contributed by atoms with Crippen molar-refractivity contribution in [1.29, 1.82) is 0 Å². The Hall–Kier alpha value is -3.18. The number of hydrogen-bond donors (Lipinski definition) is 0. The summed E-state index contributed by atoms with van der Waals surface area (Å²) < 4.78 is 59.8. The van der Waals surface area contributed by atoms with Crippen molar-refractivity contribution in [3.05, 3.63) is 84.0 Å². The van der Waals surface area contributed by atoms with Crippen LogP contribution < -0.4 is 9.31 Å². The van der Waals surface area contributed by atoms with Gasteiger partial charge in [0.25, 0.3) is 0 Å². The first-order chi connectivity index (χ1) is 17.5. The summed E-state index contributed by atoms with van der Waals surface area (Å²) in [7, 11) is -5.49. The lowest BCUT2D eigenvalue weighted by atomic mass is 10.0. The van der Waals surface area contributed by atoms with Crippen LogP contribution in [0.3, 0.4) is 0 Å². The average molecular weight is 539 g/mol. The number of allylic oxidation sites excluding steroid dienone is 2. The van der Waals surface area contributed by atoms with Gasteiger partial charge < -0.3 is 9.31 Å². The Bertz CT molecular complexity index is 1310. The van der Waals surface area contributed by atoms with E-state index in [-0.39, 0.29) is 0 Å². The van der Waals surface area contributed by atoms with Gasteiger partial charge in [-0.05, 0) is 85.4 Å². The molecule has 0 saturated heterocycles. The predicted molar refractivity (Wildman–Crippen MR) is 147 cm³/mol. The number of sulfone groups is 2. The molecular formula is C26H28BN2O6S2. The number of hydrogen-bond acceptors (Lipinski definition) is 8. The molecule has 0 spiro atoms. The molecule has 0 amide bonds. The van der Waals surface area contributed by atoms with Crippen LogP contribution in [0, 0.1) is 0 Å². The molecule has 8 nitrogen and oxygen atoms in total. The highest BCUT2D eigenvalue weighted by Crippen LogP contribution is 2.31. The van der Waals surface area contributed by atoms with Gasteiger partial charge in [-0.15, -0.1) is 0 Å². The van der Waals surface area contributed by atoms with Gasteiger partial charge in [0, 0.05) is 24.9 Å². The van der Waals surface area contributed by atoms with Crippen LogP contribution in [0.1, 0.15) is 24.0 Å². The van der Waals surface area contributed by atoms with Crippen molar-refractivity contribution in [1.82, 2.24) is 0 Å². The van der Waals surface area contributed by atoms with Gasteiger partial charge in [-0.25, -0.2) is 16.8 Å². The Morgan fingerprint density at radius 2 is 1.05 bits per heavy atom. The number of aryl methyl sites for hydroxylation is 2. The molecule has 193 valence electrons. The molecule has 0 bridgehead atoms. The van der Waals surface area contributed by atoms with Gasteiger partial charge in [0.2, 0.25) is 0 Å². The molecular weight excluding hydrogens is 511 g/mol. The number of rotatable bonds is 12. The van der Waals surface area contributed by atoms with Gasteiger partial charge in [0.1, 0.15) is 11.5 Å². The molecule has 0 saturated carbocycles. The van der Waals surface area contributed by atoms with Crippen LogP contribution in [0.25, 0.3) is 0 Å². The Kier molecular flexibility index (Phi) is 7.75. The van der Waals surface area contributed by atoms with Crippen molar-refractivity contribution in [3.63, 3.8) is 0 Å². The van der Waals surface area contributed by atoms with E-state index in [9.17, 15) is 16.8 Å². The van der Waals surface area contributed by atoms with E-state index in [2.05, 4.69) is 9.98 Å². The minimum atomic E-state index is -3.36. The van der Waals surface area contributed by atoms with E-state index >= 15 is 0 Å². The van der Waals surface area contributed by atoms with Crippen LogP contribution in [0.2, 0.25) is 0 Å². The van der Waals surface area contributed by atoms with Crippen molar-refractivity contribution < 1.29 is 26.1 Å². The molecule has 2 aliphatic rings. The fourth-order valence-corrected chi connectivity index (χ4v) is 6.27. The number of benzene rings is 2. The Morgan fingerprint density at radius 1 is 0.676 bits per heavy atom. The standard InChI is InChI=1S/C26H28BN2O6S2/c1-36(30,31)25(15-3-19-28-25)17-13-21-5-9-23(10-6-21)34-27-35-24-11-7-22(8-12-24)14-18-26(37(2,32)33)16-4-20-29-26/h3-12,15-16,19-20H,13-14,17-18H2,1-2H3. The van der Waals surface area contributed by atoms with E-state index in [1.54, 1.807) is 48.6 Å². The summed E-state index contributed by atoms with van der Waals surface area (Å²) in [5.74, 6) is 1.15. The maximum Gasteiger partial charge on any atom is 0.658 e. The van der Waals surface area contributed by atoms with Gasteiger partial charge in [0.15, 0.2) is 29.4 Å². The molecule has 2 aromatic rings. The minimum absolute atomic E-state index is 0.365. The second-order valence-corrected chi connectivity index (χ2v) is 13.6. The predicted octanol–water partition coefficient (Wildman–Crippen LogP) is 3.31. The quantitative estimate of drug-likeness (QED) is 0.383. The van der Waals surface area contributed by atoms with E-state index in [1.165, 1.54) is 32.6 Å². The maximum atomic E-state index is 12.2. The zero-order valence-corrected chi connectivity index (χ0v) is 22.3. The minimum Gasteiger partial charge on any atom is -0.526 e. The zero-order chi connectivity index (χ0) is 26.6. The van der Waals surface area contributed by atoms with Crippen LogP contribution in [0.5, 0.6) is 11.5 Å². The summed E-state index contributed by atoms with van der Waals surface area (Å²) in [6.07, 6.45) is 13.9. The van der Waals surface area contributed by atoms with Crippen molar-refractivity contribution >= 4 is 39.8 Å². The van der Waals surface area contributed by atoms with E-state index in [1.807, 2.05) is 24.3 Å². The summed E-state index contributed by atoms with van der Waals surface area (Å²) in [5, 5.41) is 0. The Balaban J connectivity index is 1.24. The van der Waals surface area contributed by atoms with E-state index < -0.39 is 29.4 Å². The summed E-state index contributed by atoms with van der Waals surface area (Å²) in [4.78, 5) is 6.00. The highest BCUT2D eigenvalue weighted by molar-refractivity contribution is 7.92. The molecule has 11 heteroatoms. The molecule has 1 radical (unpaired) electrons. The second kappa shape index (κ2) is 10.7. The maximum absolute atomic E-state index is 12.2. The largest absolute Gasteiger partial charge is 0.658 e. The van der Waals surface area contributed by atoms with Gasteiger partial charge >= 0.3 is 7.69 Å². The highest BCUT2D eigenvalue weighted by Gasteiger charge is 2.39. The van der Waals surface area contributed by atoms with Crippen LogP contribution in [-0.4, -0.2) is 59.2 Å². The third-order valence-electron chi connectivity index (χ3n) is 6.51. The Morgan fingerprint density at radius 3 is 1.35 bits per heavy atom. The molecule has 0 aliphatic carbocycles. The lowest BCUT2D eigenvalue weighted by Gasteiger charge is -2.22. The third kappa shape index (κ3) is 6.22. The molecule has 2 unspecified atom stereocenters. The highest BCUT2D eigenvalue weighted by atomic mass is 32.2. The lowest BCUT2D eigenvalue weighted by molar-refractivity contribution is 0.458. The van der Waals surface area contributed by atoms with Crippen LogP contribution in [-0.2, 0) is 32.5 Å². The molecule has 2 heterocycles. The fourth-order valence-electron chi connectivity index (χ4n) is 4.17. The molecule has 0 aromatic heterocycles. The molecule has 2 aromatic carbocycles. The van der Waals surface area contributed by atoms with Crippen molar-refractivity contribution in [2.45, 2.75) is 35.4 Å². The summed E-state index contributed by atoms with van der Waals surface area (Å²) in [6.45, 7) is 0. The Labute approximate surface area is 219 Å².